The Bertz CT molecular complexity index is 485. The second kappa shape index (κ2) is 4.28. The third kappa shape index (κ3) is 2.20. The van der Waals surface area contributed by atoms with Crippen LogP contribution in [0.25, 0.3) is 0 Å². The van der Waals surface area contributed by atoms with Crippen molar-refractivity contribution in [1.82, 2.24) is 0 Å². The SMILES string of the molecule is CC1C=CC=CC1(N)c1ccc(C(F)(F)F)cc1. The van der Waals surface area contributed by atoms with Gasteiger partial charge in [-0.05, 0) is 17.7 Å². The predicted molar refractivity (Wildman–Crippen MR) is 64.8 cm³/mol. The Morgan fingerprint density at radius 1 is 1.11 bits per heavy atom. The Labute approximate surface area is 104 Å². The molecule has 2 N–H and O–H groups in total. The number of halogens is 3. The largest absolute Gasteiger partial charge is 0.416 e. The van der Waals surface area contributed by atoms with E-state index in [0.717, 1.165) is 12.1 Å². The number of nitrogens with two attached hydrogens (primary N) is 1. The van der Waals surface area contributed by atoms with E-state index >= 15 is 0 Å². The highest BCUT2D eigenvalue weighted by Crippen LogP contribution is 2.34. The van der Waals surface area contributed by atoms with Crippen molar-refractivity contribution >= 4 is 0 Å². The van der Waals surface area contributed by atoms with Gasteiger partial charge in [0.2, 0.25) is 0 Å². The maximum atomic E-state index is 12.5. The average Bonchev–Trinajstić information content (AvgIpc) is 2.32. The zero-order valence-electron chi connectivity index (χ0n) is 9.91. The summed E-state index contributed by atoms with van der Waals surface area (Å²) in [7, 11) is 0. The average molecular weight is 253 g/mol. The van der Waals surface area contributed by atoms with Gasteiger partial charge < -0.3 is 5.73 Å². The molecule has 1 aromatic rings. The molecule has 1 aliphatic rings. The summed E-state index contributed by atoms with van der Waals surface area (Å²) in [6, 6.07) is 5.04. The fraction of sp³-hybridized carbons (Fsp3) is 0.286. The molecule has 1 nitrogen and oxygen atoms in total. The number of benzene rings is 1. The standard InChI is InChI=1S/C14H14F3N/c1-10-4-2-3-9-13(10,18)11-5-7-12(8-6-11)14(15,16)17/h2-10H,18H2,1H3. The third-order valence-electron chi connectivity index (χ3n) is 3.35. The van der Waals surface area contributed by atoms with Crippen LogP contribution in [0, 0.1) is 5.92 Å². The molecule has 0 saturated carbocycles. The lowest BCUT2D eigenvalue weighted by Gasteiger charge is -2.33. The summed E-state index contributed by atoms with van der Waals surface area (Å²) >= 11 is 0. The van der Waals surface area contributed by atoms with Crippen LogP contribution >= 0.6 is 0 Å². The van der Waals surface area contributed by atoms with Crippen molar-refractivity contribution in [2.45, 2.75) is 18.6 Å². The molecule has 0 bridgehead atoms. The van der Waals surface area contributed by atoms with Gasteiger partial charge in [-0.1, -0.05) is 43.4 Å². The van der Waals surface area contributed by atoms with E-state index in [1.807, 2.05) is 31.2 Å². The maximum Gasteiger partial charge on any atom is 0.416 e. The Morgan fingerprint density at radius 2 is 1.72 bits per heavy atom. The molecular weight excluding hydrogens is 239 g/mol. The summed E-state index contributed by atoms with van der Waals surface area (Å²) in [6.07, 6.45) is 3.16. The van der Waals surface area contributed by atoms with Crippen LogP contribution in [0.2, 0.25) is 0 Å². The summed E-state index contributed by atoms with van der Waals surface area (Å²) in [5, 5.41) is 0. The van der Waals surface area contributed by atoms with Gasteiger partial charge in [0, 0.05) is 5.92 Å². The summed E-state index contributed by atoms with van der Waals surface area (Å²) in [4.78, 5) is 0. The predicted octanol–water partition coefficient (Wildman–Crippen LogP) is 3.62. The van der Waals surface area contributed by atoms with Gasteiger partial charge in [0.1, 0.15) is 0 Å². The molecule has 2 rings (SSSR count). The van der Waals surface area contributed by atoms with E-state index in [0.29, 0.717) is 5.56 Å². The Morgan fingerprint density at radius 3 is 2.22 bits per heavy atom. The number of allylic oxidation sites excluding steroid dienone is 2. The molecule has 0 aromatic heterocycles. The molecule has 0 saturated heterocycles. The fourth-order valence-corrected chi connectivity index (χ4v) is 2.06. The minimum atomic E-state index is -4.31. The smallest absolute Gasteiger partial charge is 0.318 e. The Kier molecular flexibility index (Phi) is 3.07. The van der Waals surface area contributed by atoms with Crippen LogP contribution in [0.1, 0.15) is 18.1 Å². The minimum absolute atomic E-state index is 0.0410. The first-order chi connectivity index (χ1) is 8.34. The van der Waals surface area contributed by atoms with Gasteiger partial charge in [-0.25, -0.2) is 0 Å². The second-order valence-electron chi connectivity index (χ2n) is 4.54. The summed E-state index contributed by atoms with van der Waals surface area (Å²) in [6.45, 7) is 1.94. The van der Waals surface area contributed by atoms with E-state index in [-0.39, 0.29) is 5.92 Å². The molecule has 96 valence electrons. The highest BCUT2D eigenvalue weighted by Gasteiger charge is 2.33. The first kappa shape index (κ1) is 12.9. The van der Waals surface area contributed by atoms with Gasteiger partial charge in [0.05, 0.1) is 11.1 Å². The summed E-state index contributed by atoms with van der Waals surface area (Å²) < 4.78 is 37.4. The lowest BCUT2D eigenvalue weighted by Crippen LogP contribution is -2.41. The topological polar surface area (TPSA) is 26.0 Å². The normalized spacial score (nSPS) is 27.5. The van der Waals surface area contributed by atoms with E-state index in [9.17, 15) is 13.2 Å². The molecule has 18 heavy (non-hydrogen) atoms. The summed E-state index contributed by atoms with van der Waals surface area (Å²) in [5.74, 6) is 0.0410. The summed E-state index contributed by atoms with van der Waals surface area (Å²) in [5.41, 5.74) is 5.56. The number of rotatable bonds is 1. The third-order valence-corrected chi connectivity index (χ3v) is 3.35. The monoisotopic (exact) mass is 253 g/mol. The zero-order valence-corrected chi connectivity index (χ0v) is 9.91. The molecule has 0 spiro atoms. The molecule has 4 heteroatoms. The first-order valence-corrected chi connectivity index (χ1v) is 5.67. The van der Waals surface area contributed by atoms with E-state index in [4.69, 9.17) is 5.73 Å². The van der Waals surface area contributed by atoms with Gasteiger partial charge in [-0.2, -0.15) is 13.2 Å². The molecule has 0 fully saturated rings. The van der Waals surface area contributed by atoms with Crippen molar-refractivity contribution in [1.29, 1.82) is 0 Å². The lowest BCUT2D eigenvalue weighted by molar-refractivity contribution is -0.137. The van der Waals surface area contributed by atoms with Crippen molar-refractivity contribution in [3.63, 3.8) is 0 Å². The quantitative estimate of drug-likeness (QED) is 0.812. The van der Waals surface area contributed by atoms with Gasteiger partial charge in [0.15, 0.2) is 0 Å². The van der Waals surface area contributed by atoms with Crippen LogP contribution in [0.3, 0.4) is 0 Å². The number of alkyl halides is 3. The zero-order chi connectivity index (χ0) is 13.4. The van der Waals surface area contributed by atoms with E-state index < -0.39 is 17.3 Å². The minimum Gasteiger partial charge on any atom is -0.318 e. The lowest BCUT2D eigenvalue weighted by atomic mass is 9.77. The molecule has 0 aliphatic heterocycles. The van der Waals surface area contributed by atoms with Crippen LogP contribution in [0.5, 0.6) is 0 Å². The number of hydrogen-bond donors (Lipinski definition) is 1. The van der Waals surface area contributed by atoms with Crippen molar-refractivity contribution in [3.05, 3.63) is 59.7 Å². The van der Waals surface area contributed by atoms with Crippen LogP contribution in [0.4, 0.5) is 13.2 Å². The van der Waals surface area contributed by atoms with Gasteiger partial charge in [-0.3, -0.25) is 0 Å². The molecule has 1 aromatic carbocycles. The van der Waals surface area contributed by atoms with Crippen LogP contribution in [-0.2, 0) is 11.7 Å². The molecule has 2 atom stereocenters. The van der Waals surface area contributed by atoms with E-state index in [1.165, 1.54) is 12.1 Å². The van der Waals surface area contributed by atoms with Gasteiger partial charge >= 0.3 is 6.18 Å². The number of hydrogen-bond acceptors (Lipinski definition) is 1. The van der Waals surface area contributed by atoms with Crippen molar-refractivity contribution in [2.24, 2.45) is 11.7 Å². The molecular formula is C14H14F3N. The highest BCUT2D eigenvalue weighted by atomic mass is 19.4. The molecule has 0 heterocycles. The Balaban J connectivity index is 2.35. The molecule has 0 amide bonds. The molecule has 0 radical (unpaired) electrons. The molecule has 2 unspecified atom stereocenters. The van der Waals surface area contributed by atoms with Crippen molar-refractivity contribution in [2.75, 3.05) is 0 Å². The van der Waals surface area contributed by atoms with E-state index in [1.54, 1.807) is 0 Å². The van der Waals surface area contributed by atoms with E-state index in [2.05, 4.69) is 0 Å². The van der Waals surface area contributed by atoms with Gasteiger partial charge in [-0.15, -0.1) is 0 Å². The van der Waals surface area contributed by atoms with Crippen molar-refractivity contribution in [3.8, 4) is 0 Å². The van der Waals surface area contributed by atoms with Crippen LogP contribution < -0.4 is 5.73 Å². The van der Waals surface area contributed by atoms with Crippen molar-refractivity contribution < 1.29 is 13.2 Å². The van der Waals surface area contributed by atoms with Gasteiger partial charge in [0.25, 0.3) is 0 Å². The fourth-order valence-electron chi connectivity index (χ4n) is 2.06. The second-order valence-corrected chi connectivity index (χ2v) is 4.54. The maximum absolute atomic E-state index is 12.5. The Hall–Kier alpha value is -1.55. The molecule has 1 aliphatic carbocycles. The van der Waals surface area contributed by atoms with Crippen LogP contribution in [0.15, 0.2) is 48.6 Å². The first-order valence-electron chi connectivity index (χ1n) is 5.67. The van der Waals surface area contributed by atoms with Crippen LogP contribution in [-0.4, -0.2) is 0 Å². The highest BCUT2D eigenvalue weighted by molar-refractivity contribution is 5.37.